The molecule has 0 aliphatic heterocycles. The van der Waals surface area contributed by atoms with E-state index in [9.17, 15) is 9.59 Å². The number of carboxylic acids is 1. The minimum atomic E-state index is -0.843. The summed E-state index contributed by atoms with van der Waals surface area (Å²) in [6.45, 7) is 0.452. The Labute approximate surface area is 105 Å². The van der Waals surface area contributed by atoms with E-state index in [4.69, 9.17) is 5.11 Å². The lowest BCUT2D eigenvalue weighted by molar-refractivity contribution is -0.133. The maximum atomic E-state index is 11.5. The number of aromatic nitrogens is 1. The van der Waals surface area contributed by atoms with Crippen molar-refractivity contribution in [2.75, 3.05) is 18.1 Å². The maximum absolute atomic E-state index is 11.5. The molecule has 0 saturated heterocycles. The normalized spacial score (nSPS) is 10.1. The molecular weight excluding hydrogens is 296 g/mol. The zero-order chi connectivity index (χ0) is 12.0. The first-order chi connectivity index (χ1) is 7.59. The summed E-state index contributed by atoms with van der Waals surface area (Å²) < 4.78 is 0.818. The molecule has 0 aromatic carbocycles. The van der Waals surface area contributed by atoms with Crippen molar-refractivity contribution >= 4 is 39.6 Å². The van der Waals surface area contributed by atoms with Crippen molar-refractivity contribution in [3.8, 4) is 0 Å². The van der Waals surface area contributed by atoms with E-state index in [0.717, 1.165) is 4.47 Å². The standard InChI is InChI=1S/C9H11BrN2O3S/c10-6-3-7(12-4-6)9(15)11-1-2-16-5-8(13)14/h3-4,12H,1-2,5H2,(H,11,15)(H,13,14). The Morgan fingerprint density at radius 3 is 2.88 bits per heavy atom. The number of amides is 1. The number of rotatable bonds is 6. The second-order valence-corrected chi connectivity index (χ2v) is 4.95. The topological polar surface area (TPSA) is 82.2 Å². The predicted molar refractivity (Wildman–Crippen MR) is 65.8 cm³/mol. The SMILES string of the molecule is O=C(O)CSCCNC(=O)c1cc(Br)c[nH]1. The summed E-state index contributed by atoms with van der Waals surface area (Å²) >= 11 is 4.50. The quantitative estimate of drug-likeness (QED) is 0.692. The average molecular weight is 307 g/mol. The molecule has 3 N–H and O–H groups in total. The van der Waals surface area contributed by atoms with Gasteiger partial charge in [-0.25, -0.2) is 0 Å². The first-order valence-corrected chi connectivity index (χ1v) is 6.46. The zero-order valence-electron chi connectivity index (χ0n) is 8.33. The fraction of sp³-hybridized carbons (Fsp3) is 0.333. The second kappa shape index (κ2) is 6.59. The Morgan fingerprint density at radius 1 is 1.56 bits per heavy atom. The summed E-state index contributed by atoms with van der Waals surface area (Å²) in [5.74, 6) is -0.393. The van der Waals surface area contributed by atoms with Crippen LogP contribution in [0.25, 0.3) is 0 Å². The number of aromatic amines is 1. The van der Waals surface area contributed by atoms with Crippen LogP contribution in [0.4, 0.5) is 0 Å². The minimum absolute atomic E-state index is 0.0594. The third-order valence-electron chi connectivity index (χ3n) is 1.65. The molecule has 0 saturated carbocycles. The number of halogens is 1. The molecule has 0 aliphatic rings. The molecule has 0 aliphatic carbocycles. The maximum Gasteiger partial charge on any atom is 0.313 e. The Kier molecular flexibility index (Phi) is 5.41. The van der Waals surface area contributed by atoms with Gasteiger partial charge in [-0.2, -0.15) is 0 Å². The van der Waals surface area contributed by atoms with Crippen molar-refractivity contribution in [2.45, 2.75) is 0 Å². The molecular formula is C9H11BrN2O3S. The van der Waals surface area contributed by atoms with Crippen LogP contribution in [0.3, 0.4) is 0 Å². The Balaban J connectivity index is 2.18. The molecule has 1 heterocycles. The van der Waals surface area contributed by atoms with Gasteiger partial charge in [-0.15, -0.1) is 11.8 Å². The van der Waals surface area contributed by atoms with E-state index in [0.29, 0.717) is 18.0 Å². The molecule has 0 unspecified atom stereocenters. The predicted octanol–water partition coefficient (Wildman–Crippen LogP) is 1.32. The van der Waals surface area contributed by atoms with Crippen LogP contribution in [0.2, 0.25) is 0 Å². The highest BCUT2D eigenvalue weighted by atomic mass is 79.9. The number of carbonyl (C=O) groups excluding carboxylic acids is 1. The Hall–Kier alpha value is -0.950. The molecule has 1 amide bonds. The zero-order valence-corrected chi connectivity index (χ0v) is 10.7. The van der Waals surface area contributed by atoms with Gasteiger partial charge in [0.2, 0.25) is 0 Å². The second-order valence-electron chi connectivity index (χ2n) is 2.93. The Bertz CT molecular complexity index is 381. The van der Waals surface area contributed by atoms with Gasteiger partial charge in [0.05, 0.1) is 5.75 Å². The van der Waals surface area contributed by atoms with Gasteiger partial charge in [-0.3, -0.25) is 9.59 Å². The molecule has 1 aromatic heterocycles. The average Bonchev–Trinajstić information content (AvgIpc) is 2.63. The third-order valence-corrected chi connectivity index (χ3v) is 3.05. The van der Waals surface area contributed by atoms with Gasteiger partial charge < -0.3 is 15.4 Å². The summed E-state index contributed by atoms with van der Waals surface area (Å²) in [6.07, 6.45) is 1.67. The molecule has 0 atom stereocenters. The molecule has 1 rings (SSSR count). The number of hydrogen-bond acceptors (Lipinski definition) is 3. The summed E-state index contributed by atoms with van der Waals surface area (Å²) in [5, 5.41) is 11.1. The van der Waals surface area contributed by atoms with Crippen molar-refractivity contribution in [1.82, 2.24) is 10.3 Å². The van der Waals surface area contributed by atoms with Gasteiger partial charge in [0.25, 0.3) is 5.91 Å². The number of carboxylic acid groups (broad SMARTS) is 1. The van der Waals surface area contributed by atoms with E-state index in [-0.39, 0.29) is 11.7 Å². The highest BCUT2D eigenvalue weighted by Crippen LogP contribution is 2.10. The van der Waals surface area contributed by atoms with Gasteiger partial charge in [0, 0.05) is 23.0 Å². The van der Waals surface area contributed by atoms with E-state index >= 15 is 0 Å². The lowest BCUT2D eigenvalue weighted by Crippen LogP contribution is -2.26. The van der Waals surface area contributed by atoms with Gasteiger partial charge in [0.15, 0.2) is 0 Å². The molecule has 5 nitrogen and oxygen atoms in total. The molecule has 16 heavy (non-hydrogen) atoms. The number of aliphatic carboxylic acids is 1. The summed E-state index contributed by atoms with van der Waals surface area (Å²) in [7, 11) is 0. The van der Waals surface area contributed by atoms with Crippen LogP contribution < -0.4 is 5.32 Å². The molecule has 7 heteroatoms. The van der Waals surface area contributed by atoms with Crippen LogP contribution in [0.5, 0.6) is 0 Å². The molecule has 88 valence electrons. The lowest BCUT2D eigenvalue weighted by atomic mass is 10.4. The number of nitrogens with one attached hydrogen (secondary N) is 2. The van der Waals surface area contributed by atoms with Crippen LogP contribution in [0.15, 0.2) is 16.7 Å². The van der Waals surface area contributed by atoms with Crippen LogP contribution >= 0.6 is 27.7 Å². The number of carbonyl (C=O) groups is 2. The van der Waals surface area contributed by atoms with E-state index in [2.05, 4.69) is 26.2 Å². The number of thioether (sulfide) groups is 1. The van der Waals surface area contributed by atoms with E-state index in [1.165, 1.54) is 11.8 Å². The van der Waals surface area contributed by atoms with Gasteiger partial charge in [0.1, 0.15) is 5.69 Å². The van der Waals surface area contributed by atoms with E-state index < -0.39 is 5.97 Å². The molecule has 0 fully saturated rings. The van der Waals surface area contributed by atoms with Crippen molar-refractivity contribution in [2.24, 2.45) is 0 Å². The van der Waals surface area contributed by atoms with Crippen molar-refractivity contribution in [3.63, 3.8) is 0 Å². The fourth-order valence-corrected chi connectivity index (χ4v) is 1.90. The lowest BCUT2D eigenvalue weighted by Gasteiger charge is -2.02. The van der Waals surface area contributed by atoms with Crippen LogP contribution in [0, 0.1) is 0 Å². The highest BCUT2D eigenvalue weighted by molar-refractivity contribution is 9.10. The monoisotopic (exact) mass is 306 g/mol. The fourth-order valence-electron chi connectivity index (χ4n) is 0.990. The van der Waals surface area contributed by atoms with Crippen LogP contribution in [-0.4, -0.2) is 40.0 Å². The van der Waals surface area contributed by atoms with Crippen LogP contribution in [0.1, 0.15) is 10.5 Å². The van der Waals surface area contributed by atoms with Gasteiger partial charge in [-0.05, 0) is 22.0 Å². The summed E-state index contributed by atoms with van der Waals surface area (Å²) in [5.41, 5.74) is 0.482. The largest absolute Gasteiger partial charge is 0.481 e. The first-order valence-electron chi connectivity index (χ1n) is 4.51. The van der Waals surface area contributed by atoms with Crippen molar-refractivity contribution in [3.05, 3.63) is 22.4 Å². The summed E-state index contributed by atoms with van der Waals surface area (Å²) in [4.78, 5) is 24.5. The Morgan fingerprint density at radius 2 is 2.31 bits per heavy atom. The minimum Gasteiger partial charge on any atom is -0.481 e. The smallest absolute Gasteiger partial charge is 0.313 e. The van der Waals surface area contributed by atoms with Gasteiger partial charge in [-0.1, -0.05) is 0 Å². The molecule has 0 spiro atoms. The summed E-state index contributed by atoms with van der Waals surface area (Å²) in [6, 6.07) is 1.68. The molecule has 1 aromatic rings. The van der Waals surface area contributed by atoms with Crippen LogP contribution in [-0.2, 0) is 4.79 Å². The van der Waals surface area contributed by atoms with E-state index in [1.807, 2.05) is 0 Å². The van der Waals surface area contributed by atoms with E-state index in [1.54, 1.807) is 12.3 Å². The molecule has 0 bridgehead atoms. The van der Waals surface area contributed by atoms with Gasteiger partial charge >= 0.3 is 5.97 Å². The number of hydrogen-bond donors (Lipinski definition) is 3. The van der Waals surface area contributed by atoms with Crippen molar-refractivity contribution < 1.29 is 14.7 Å². The number of H-pyrrole nitrogens is 1. The molecule has 0 radical (unpaired) electrons. The van der Waals surface area contributed by atoms with Crippen molar-refractivity contribution in [1.29, 1.82) is 0 Å². The third kappa shape index (κ3) is 4.71. The highest BCUT2D eigenvalue weighted by Gasteiger charge is 2.06. The first kappa shape index (κ1) is 13.1.